The van der Waals surface area contributed by atoms with Crippen LogP contribution in [0.25, 0.3) is 0 Å². The topological polar surface area (TPSA) is 12.9 Å². The Hall–Kier alpha value is -0.720. The van der Waals surface area contributed by atoms with Crippen LogP contribution in [0.15, 0.2) is 10.7 Å². The number of aryl methyl sites for hydroxylation is 1. The first-order valence-corrected chi connectivity index (χ1v) is 4.55. The van der Waals surface area contributed by atoms with Crippen molar-refractivity contribution in [1.29, 1.82) is 0 Å². The fourth-order valence-corrected chi connectivity index (χ4v) is 1.58. The van der Waals surface area contributed by atoms with Crippen LogP contribution in [0.3, 0.4) is 0 Å². The maximum Gasteiger partial charge on any atom is 0.418 e. The van der Waals surface area contributed by atoms with Gasteiger partial charge in [0.25, 0.3) is 6.43 Å². The molecule has 0 aliphatic heterocycles. The summed E-state index contributed by atoms with van der Waals surface area (Å²) in [7, 11) is 0. The first kappa shape index (κ1) is 12.4. The third-order valence-corrected chi connectivity index (χ3v) is 2.37. The van der Waals surface area contributed by atoms with E-state index in [2.05, 4.69) is 20.9 Å². The SMILES string of the molecule is Cc1nc(Br)c(C(F)F)cc1C(F)(F)F. The lowest BCUT2D eigenvalue weighted by molar-refractivity contribution is -0.138. The molecule has 1 aromatic heterocycles. The van der Waals surface area contributed by atoms with Crippen molar-refractivity contribution in [2.45, 2.75) is 19.5 Å². The van der Waals surface area contributed by atoms with Crippen molar-refractivity contribution in [1.82, 2.24) is 4.98 Å². The summed E-state index contributed by atoms with van der Waals surface area (Å²) in [6.07, 6.45) is -7.66. The molecular weight excluding hydrogens is 285 g/mol. The van der Waals surface area contributed by atoms with Crippen molar-refractivity contribution in [2.24, 2.45) is 0 Å². The van der Waals surface area contributed by atoms with Crippen LogP contribution in [0.2, 0.25) is 0 Å². The van der Waals surface area contributed by atoms with Crippen LogP contribution in [0, 0.1) is 6.92 Å². The average molecular weight is 290 g/mol. The van der Waals surface area contributed by atoms with Gasteiger partial charge in [0.15, 0.2) is 0 Å². The minimum Gasteiger partial charge on any atom is -0.245 e. The van der Waals surface area contributed by atoms with Gasteiger partial charge in [0.05, 0.1) is 16.8 Å². The first-order chi connectivity index (χ1) is 6.73. The van der Waals surface area contributed by atoms with Crippen LogP contribution in [0.1, 0.15) is 23.2 Å². The van der Waals surface area contributed by atoms with E-state index in [1.165, 1.54) is 0 Å². The first-order valence-electron chi connectivity index (χ1n) is 3.76. The Bertz CT molecular complexity index is 374. The summed E-state index contributed by atoms with van der Waals surface area (Å²) < 4.78 is 61.3. The molecule has 0 saturated heterocycles. The smallest absolute Gasteiger partial charge is 0.245 e. The van der Waals surface area contributed by atoms with Crippen molar-refractivity contribution in [3.63, 3.8) is 0 Å². The van der Waals surface area contributed by atoms with Gasteiger partial charge in [-0.15, -0.1) is 0 Å². The van der Waals surface area contributed by atoms with Gasteiger partial charge < -0.3 is 0 Å². The van der Waals surface area contributed by atoms with Crippen molar-refractivity contribution in [3.8, 4) is 0 Å². The number of pyridine rings is 1. The van der Waals surface area contributed by atoms with Crippen LogP contribution in [-0.4, -0.2) is 4.98 Å². The number of aromatic nitrogens is 1. The van der Waals surface area contributed by atoms with E-state index in [0.29, 0.717) is 6.07 Å². The van der Waals surface area contributed by atoms with Gasteiger partial charge in [-0.2, -0.15) is 13.2 Å². The number of hydrogen-bond donors (Lipinski definition) is 0. The quantitative estimate of drug-likeness (QED) is 0.560. The van der Waals surface area contributed by atoms with Crippen molar-refractivity contribution < 1.29 is 22.0 Å². The molecule has 0 fully saturated rings. The summed E-state index contributed by atoms with van der Waals surface area (Å²) in [4.78, 5) is 3.38. The summed E-state index contributed by atoms with van der Waals surface area (Å²) in [5.41, 5.74) is -2.23. The van der Waals surface area contributed by atoms with Crippen LogP contribution in [0.5, 0.6) is 0 Å². The number of alkyl halides is 5. The Morgan fingerprint density at radius 3 is 2.27 bits per heavy atom. The lowest BCUT2D eigenvalue weighted by Crippen LogP contribution is -2.10. The summed E-state index contributed by atoms with van der Waals surface area (Å²) in [5.74, 6) is 0. The predicted molar refractivity (Wildman–Crippen MR) is 46.6 cm³/mol. The summed E-state index contributed by atoms with van der Waals surface area (Å²) in [6, 6.07) is 0.414. The van der Waals surface area contributed by atoms with E-state index in [-0.39, 0.29) is 10.3 Å². The molecule has 0 radical (unpaired) electrons. The van der Waals surface area contributed by atoms with Crippen molar-refractivity contribution in [3.05, 3.63) is 27.5 Å². The van der Waals surface area contributed by atoms with Crippen LogP contribution in [-0.2, 0) is 6.18 Å². The van der Waals surface area contributed by atoms with Gasteiger partial charge in [0, 0.05) is 0 Å². The van der Waals surface area contributed by atoms with E-state index in [1.807, 2.05) is 0 Å². The zero-order valence-corrected chi connectivity index (χ0v) is 8.96. The second-order valence-corrected chi connectivity index (χ2v) is 3.55. The fourth-order valence-electron chi connectivity index (χ4n) is 1.03. The third kappa shape index (κ3) is 2.64. The summed E-state index contributed by atoms with van der Waals surface area (Å²) >= 11 is 2.69. The van der Waals surface area contributed by atoms with E-state index >= 15 is 0 Å². The highest BCUT2D eigenvalue weighted by molar-refractivity contribution is 9.10. The van der Waals surface area contributed by atoms with Gasteiger partial charge in [-0.3, -0.25) is 0 Å². The van der Waals surface area contributed by atoms with Gasteiger partial charge in [-0.05, 0) is 28.9 Å². The highest BCUT2D eigenvalue weighted by atomic mass is 79.9. The highest BCUT2D eigenvalue weighted by Gasteiger charge is 2.34. The molecule has 7 heteroatoms. The molecule has 1 heterocycles. The van der Waals surface area contributed by atoms with Gasteiger partial charge >= 0.3 is 6.18 Å². The second kappa shape index (κ2) is 4.03. The molecule has 0 amide bonds. The molecule has 0 aromatic carbocycles. The zero-order valence-electron chi connectivity index (χ0n) is 7.37. The molecule has 15 heavy (non-hydrogen) atoms. The largest absolute Gasteiger partial charge is 0.418 e. The fraction of sp³-hybridized carbons (Fsp3) is 0.375. The zero-order chi connectivity index (χ0) is 11.8. The van der Waals surface area contributed by atoms with Crippen molar-refractivity contribution >= 4 is 15.9 Å². The molecule has 0 unspecified atom stereocenters. The monoisotopic (exact) mass is 289 g/mol. The summed E-state index contributed by atoms with van der Waals surface area (Å²) in [6.45, 7) is 1.11. The summed E-state index contributed by atoms with van der Waals surface area (Å²) in [5, 5.41) is 0. The van der Waals surface area contributed by atoms with Gasteiger partial charge in [0.1, 0.15) is 4.60 Å². The molecule has 0 aliphatic carbocycles. The molecule has 0 bridgehead atoms. The van der Waals surface area contributed by atoms with E-state index < -0.39 is 23.7 Å². The van der Waals surface area contributed by atoms with Crippen LogP contribution < -0.4 is 0 Å². The number of halogens is 6. The van der Waals surface area contributed by atoms with Gasteiger partial charge in [-0.25, -0.2) is 13.8 Å². The lowest BCUT2D eigenvalue weighted by Gasteiger charge is -2.12. The Morgan fingerprint density at radius 2 is 1.87 bits per heavy atom. The normalized spacial score (nSPS) is 12.3. The Labute approximate surface area is 90.4 Å². The molecule has 0 N–H and O–H groups in total. The minimum atomic E-state index is -4.67. The maximum atomic E-state index is 12.3. The molecule has 0 saturated carbocycles. The molecule has 1 aromatic rings. The molecule has 0 aliphatic rings. The highest BCUT2D eigenvalue weighted by Crippen LogP contribution is 2.35. The minimum absolute atomic E-state index is 0.261. The Kier molecular flexibility index (Phi) is 3.32. The maximum absolute atomic E-state index is 12.3. The van der Waals surface area contributed by atoms with E-state index in [0.717, 1.165) is 6.92 Å². The standard InChI is InChI=1S/C8H5BrF5N/c1-3-5(8(12,13)14)2-4(7(10)11)6(9)15-3/h2,7H,1H3. The average Bonchev–Trinajstić information content (AvgIpc) is 2.00. The van der Waals surface area contributed by atoms with Crippen molar-refractivity contribution in [2.75, 3.05) is 0 Å². The molecule has 1 nitrogen and oxygen atoms in total. The van der Waals surface area contributed by atoms with Gasteiger partial charge in [-0.1, -0.05) is 0 Å². The predicted octanol–water partition coefficient (Wildman–Crippen LogP) is 4.11. The Balaban J connectivity index is 3.37. The molecule has 0 spiro atoms. The van der Waals surface area contributed by atoms with E-state index in [1.54, 1.807) is 0 Å². The number of nitrogens with zero attached hydrogens (tertiary/aromatic N) is 1. The molecular formula is C8H5BrF5N. The third-order valence-electron chi connectivity index (χ3n) is 1.73. The van der Waals surface area contributed by atoms with Gasteiger partial charge in [0.2, 0.25) is 0 Å². The number of rotatable bonds is 1. The molecule has 1 rings (SSSR count). The van der Waals surface area contributed by atoms with E-state index in [9.17, 15) is 22.0 Å². The second-order valence-electron chi connectivity index (χ2n) is 2.80. The number of hydrogen-bond acceptors (Lipinski definition) is 1. The van der Waals surface area contributed by atoms with Crippen LogP contribution >= 0.6 is 15.9 Å². The Morgan fingerprint density at radius 1 is 1.33 bits per heavy atom. The lowest BCUT2D eigenvalue weighted by atomic mass is 10.1. The molecule has 0 atom stereocenters. The van der Waals surface area contributed by atoms with Crippen LogP contribution in [0.4, 0.5) is 22.0 Å². The van der Waals surface area contributed by atoms with E-state index in [4.69, 9.17) is 0 Å². The molecule has 84 valence electrons.